The van der Waals surface area contributed by atoms with Gasteiger partial charge in [-0.3, -0.25) is 9.59 Å². The lowest BCUT2D eigenvalue weighted by Crippen LogP contribution is -2.64. The number of fused-ring (bicyclic) bond motifs is 2. The molecule has 1 saturated heterocycles. The molecule has 0 spiro atoms. The third kappa shape index (κ3) is 3.76. The van der Waals surface area contributed by atoms with Crippen LogP contribution in [-0.2, 0) is 33.3 Å². The molecule has 40 heavy (non-hydrogen) atoms. The predicted octanol–water partition coefficient (Wildman–Crippen LogP) is 3.76. The van der Waals surface area contributed by atoms with Gasteiger partial charge >= 0.3 is 11.9 Å². The van der Waals surface area contributed by atoms with Gasteiger partial charge < -0.3 is 34.0 Å². The number of aliphatic hydroxyl groups is 1. The van der Waals surface area contributed by atoms with Gasteiger partial charge in [0.1, 0.15) is 23.9 Å². The molecule has 1 aliphatic heterocycles. The number of methoxy groups -OCH3 is 1. The normalized spacial score (nSPS) is 47.2. The quantitative estimate of drug-likeness (QED) is 0.232. The smallest absolute Gasteiger partial charge is 0.315 e. The van der Waals surface area contributed by atoms with Crippen molar-refractivity contribution in [3.05, 3.63) is 11.6 Å². The van der Waals surface area contributed by atoms with Crippen molar-refractivity contribution in [3.8, 4) is 0 Å². The standard InChI is InChI=1S/C31H46O9/c1-7-8-23(33)40-26-24(34)27(39-18(5)25(26)37-6)38-15-30-13-20-17(4)9-10-21(20)29(14-32)12-19(30)11-22(16(2)3)31(29,30)28(35)36/h11,14,16-21,24-27,34H,7-10,12-13,15H2,1-6H3,(H,35,36)/t17-,18-,19?,20-,21-,24?,25-,26+,27-,29?,30?,31?/m1/s1. The Bertz CT molecular complexity index is 1060. The van der Waals surface area contributed by atoms with E-state index in [4.69, 9.17) is 18.9 Å². The predicted molar refractivity (Wildman–Crippen MR) is 144 cm³/mol. The molecule has 224 valence electrons. The van der Waals surface area contributed by atoms with Crippen LogP contribution >= 0.6 is 0 Å². The average Bonchev–Trinajstić information content (AvgIpc) is 3.47. The minimum absolute atomic E-state index is 0.0178. The highest BCUT2D eigenvalue weighted by atomic mass is 16.7. The number of hydrogen-bond acceptors (Lipinski definition) is 8. The Morgan fingerprint density at radius 2 is 1.93 bits per heavy atom. The van der Waals surface area contributed by atoms with Crippen LogP contribution in [0.15, 0.2) is 11.6 Å². The van der Waals surface area contributed by atoms with E-state index in [1.807, 2.05) is 20.8 Å². The van der Waals surface area contributed by atoms with E-state index in [1.54, 1.807) is 6.92 Å². The second-order valence-electron chi connectivity index (χ2n) is 13.4. The molecule has 12 atom stereocenters. The molecule has 0 aromatic rings. The number of aliphatic hydroxyl groups excluding tert-OH is 1. The molecule has 0 aromatic carbocycles. The highest BCUT2D eigenvalue weighted by Gasteiger charge is 2.84. The lowest BCUT2D eigenvalue weighted by Gasteiger charge is -2.58. The zero-order valence-corrected chi connectivity index (χ0v) is 24.6. The third-order valence-corrected chi connectivity index (χ3v) is 11.4. The third-order valence-electron chi connectivity index (χ3n) is 11.4. The van der Waals surface area contributed by atoms with Crippen LogP contribution in [0, 0.1) is 45.8 Å². The van der Waals surface area contributed by atoms with E-state index < -0.39 is 58.9 Å². The van der Waals surface area contributed by atoms with Crippen molar-refractivity contribution in [2.75, 3.05) is 13.7 Å². The number of carboxylic acids is 1. The molecule has 9 heteroatoms. The first-order valence-corrected chi connectivity index (χ1v) is 15.0. The fourth-order valence-electron chi connectivity index (χ4n) is 9.87. The molecule has 5 aliphatic rings. The van der Waals surface area contributed by atoms with Crippen molar-refractivity contribution in [1.29, 1.82) is 0 Å². The van der Waals surface area contributed by atoms with Gasteiger partial charge in [0.05, 0.1) is 18.1 Å². The Morgan fingerprint density at radius 1 is 1.20 bits per heavy atom. The van der Waals surface area contributed by atoms with Crippen molar-refractivity contribution in [2.24, 2.45) is 45.8 Å². The molecule has 4 bridgehead atoms. The van der Waals surface area contributed by atoms with Gasteiger partial charge in [0, 0.05) is 18.9 Å². The van der Waals surface area contributed by atoms with Crippen molar-refractivity contribution in [1.82, 2.24) is 0 Å². The first kappa shape index (κ1) is 29.7. The van der Waals surface area contributed by atoms with Crippen LogP contribution in [0.4, 0.5) is 0 Å². The Morgan fingerprint density at radius 3 is 2.52 bits per heavy atom. The van der Waals surface area contributed by atoms with Crippen LogP contribution in [-0.4, -0.2) is 72.9 Å². The van der Waals surface area contributed by atoms with Crippen LogP contribution in [0.1, 0.15) is 73.1 Å². The number of hydrogen-bond donors (Lipinski definition) is 2. The van der Waals surface area contributed by atoms with Crippen molar-refractivity contribution in [2.45, 2.75) is 104 Å². The van der Waals surface area contributed by atoms with Gasteiger partial charge in [0.15, 0.2) is 12.4 Å². The number of esters is 1. The van der Waals surface area contributed by atoms with E-state index in [0.29, 0.717) is 25.2 Å². The molecule has 0 aromatic heterocycles. The summed E-state index contributed by atoms with van der Waals surface area (Å²) in [5.74, 6) is -0.930. The lowest BCUT2D eigenvalue weighted by molar-refractivity contribution is -0.309. The summed E-state index contributed by atoms with van der Waals surface area (Å²) < 4.78 is 23.7. The zero-order valence-electron chi connectivity index (χ0n) is 24.6. The van der Waals surface area contributed by atoms with Crippen molar-refractivity contribution < 1.29 is 43.5 Å². The van der Waals surface area contributed by atoms with Crippen LogP contribution in [0.2, 0.25) is 0 Å². The minimum atomic E-state index is -1.38. The summed E-state index contributed by atoms with van der Waals surface area (Å²) in [4.78, 5) is 39.2. The molecular weight excluding hydrogens is 516 g/mol. The highest BCUT2D eigenvalue weighted by molar-refractivity contribution is 5.90. The van der Waals surface area contributed by atoms with Gasteiger partial charge in [-0.15, -0.1) is 0 Å². The molecule has 5 rings (SSSR count). The lowest BCUT2D eigenvalue weighted by atomic mass is 9.43. The molecule has 4 aliphatic carbocycles. The number of aldehydes is 1. The molecule has 5 unspecified atom stereocenters. The Balaban J connectivity index is 1.51. The number of allylic oxidation sites excluding steroid dienone is 1. The average molecular weight is 563 g/mol. The zero-order chi connectivity index (χ0) is 29.2. The van der Waals surface area contributed by atoms with Crippen molar-refractivity contribution in [3.63, 3.8) is 0 Å². The summed E-state index contributed by atoms with van der Waals surface area (Å²) in [7, 11) is 1.48. The molecule has 0 radical (unpaired) electrons. The van der Waals surface area contributed by atoms with Crippen LogP contribution in [0.5, 0.6) is 0 Å². The van der Waals surface area contributed by atoms with E-state index in [1.165, 1.54) is 7.11 Å². The molecule has 4 fully saturated rings. The Labute approximate surface area is 236 Å². The first-order valence-electron chi connectivity index (χ1n) is 15.0. The maximum atomic E-state index is 13.6. The summed E-state index contributed by atoms with van der Waals surface area (Å²) in [6.45, 7) is 9.88. The topological polar surface area (TPSA) is 129 Å². The Hall–Kier alpha value is -1.81. The fourth-order valence-corrected chi connectivity index (χ4v) is 9.87. The SMILES string of the molecule is CCCC(=O)O[C@H]1C(O)[C@H](OCC23C[C@@H]4[C@H](C)CC[C@H]4C4(C=O)CC2C=C(C(C)C)C34C(=O)O)O[C@H](C)[C@H]1OC. The second-order valence-corrected chi connectivity index (χ2v) is 13.4. The maximum Gasteiger partial charge on any atom is 0.315 e. The fraction of sp³-hybridized carbons (Fsp3) is 0.839. The minimum Gasteiger partial charge on any atom is -0.481 e. The van der Waals surface area contributed by atoms with Gasteiger partial charge in [-0.1, -0.05) is 45.8 Å². The number of rotatable bonds is 10. The summed E-state index contributed by atoms with van der Waals surface area (Å²) in [6.07, 6.45) is 2.22. The van der Waals surface area contributed by atoms with E-state index in [2.05, 4.69) is 13.0 Å². The molecule has 2 N–H and O–H groups in total. The van der Waals surface area contributed by atoms with Gasteiger partial charge in [-0.05, 0) is 62.2 Å². The highest BCUT2D eigenvalue weighted by Crippen LogP contribution is 2.82. The van der Waals surface area contributed by atoms with Gasteiger partial charge in [-0.2, -0.15) is 0 Å². The van der Waals surface area contributed by atoms with Crippen molar-refractivity contribution >= 4 is 18.2 Å². The molecule has 0 amide bonds. The van der Waals surface area contributed by atoms with Crippen LogP contribution in [0.25, 0.3) is 0 Å². The number of aliphatic carboxylic acids is 1. The molecular formula is C31H46O9. The van der Waals surface area contributed by atoms with Gasteiger partial charge in [0.25, 0.3) is 0 Å². The van der Waals surface area contributed by atoms with Gasteiger partial charge in [0.2, 0.25) is 0 Å². The van der Waals surface area contributed by atoms with Crippen LogP contribution in [0.3, 0.4) is 0 Å². The molecule has 9 nitrogen and oxygen atoms in total. The Kier molecular flexibility index (Phi) is 7.77. The number of carbonyl (C=O) groups is 3. The monoisotopic (exact) mass is 562 g/mol. The van der Waals surface area contributed by atoms with E-state index in [0.717, 1.165) is 24.7 Å². The van der Waals surface area contributed by atoms with E-state index >= 15 is 0 Å². The summed E-state index contributed by atoms with van der Waals surface area (Å²) >= 11 is 0. The number of carbonyl (C=O) groups excluding carboxylic acids is 2. The van der Waals surface area contributed by atoms with E-state index in [-0.39, 0.29) is 36.7 Å². The van der Waals surface area contributed by atoms with Crippen LogP contribution < -0.4 is 0 Å². The number of carboxylic acid groups (broad SMARTS) is 1. The largest absolute Gasteiger partial charge is 0.481 e. The van der Waals surface area contributed by atoms with Gasteiger partial charge in [-0.25, -0.2) is 0 Å². The summed E-state index contributed by atoms with van der Waals surface area (Å²) in [6, 6.07) is 0. The van der Waals surface area contributed by atoms with E-state index in [9.17, 15) is 24.6 Å². The summed E-state index contributed by atoms with van der Waals surface area (Å²) in [5, 5.41) is 22.5. The first-order chi connectivity index (χ1) is 18.9. The summed E-state index contributed by atoms with van der Waals surface area (Å²) in [5.41, 5.74) is -2.39. The molecule has 1 heterocycles. The maximum absolute atomic E-state index is 13.6. The molecule has 3 saturated carbocycles. The number of ether oxygens (including phenoxy) is 4. The second kappa shape index (κ2) is 10.5.